The number of hydrogen-bond acceptors (Lipinski definition) is 2. The second kappa shape index (κ2) is 9.23. The highest BCUT2D eigenvalue weighted by atomic mass is 28.2. The fourth-order valence-corrected chi connectivity index (χ4v) is 2.05. The largest absolute Gasteiger partial charge is 0.423 e. The molecule has 0 aromatic rings. The molecule has 0 saturated carbocycles. The van der Waals surface area contributed by atoms with E-state index in [1.807, 2.05) is 0 Å². The summed E-state index contributed by atoms with van der Waals surface area (Å²) in [6, 6.07) is 0. The molecule has 1 N–H and O–H groups in total. The number of hydrogen-bond donors (Lipinski definition) is 1. The minimum Gasteiger partial charge on any atom is -0.423 e. The van der Waals surface area contributed by atoms with Crippen LogP contribution in [0.4, 0.5) is 0 Å². The molecule has 0 amide bonds. The summed E-state index contributed by atoms with van der Waals surface area (Å²) in [5.41, 5.74) is 0.228. The van der Waals surface area contributed by atoms with Gasteiger partial charge in [-0.1, -0.05) is 20.8 Å². The molecule has 0 spiro atoms. The predicted molar refractivity (Wildman–Crippen MR) is 57.4 cm³/mol. The summed E-state index contributed by atoms with van der Waals surface area (Å²) < 4.78 is 5.52. The van der Waals surface area contributed by atoms with Gasteiger partial charge in [0.05, 0.1) is 5.60 Å². The van der Waals surface area contributed by atoms with Crippen molar-refractivity contribution < 1.29 is 9.53 Å². The number of aliphatic hydroxyl groups is 1. The highest BCUT2D eigenvalue weighted by molar-refractivity contribution is 5.98. The molecular weight excluding hydrogens is 168 g/mol. The maximum atomic E-state index is 7.57. The van der Waals surface area contributed by atoms with Gasteiger partial charge in [0.1, 0.15) is 10.5 Å². The van der Waals surface area contributed by atoms with Crippen molar-refractivity contribution in [2.24, 2.45) is 0 Å². The lowest BCUT2D eigenvalue weighted by Gasteiger charge is -2.29. The molecule has 0 heterocycles. The molecule has 0 aliphatic heterocycles. The molecule has 76 valence electrons. The Morgan fingerprint density at radius 1 is 1.08 bits per heavy atom. The minimum atomic E-state index is 0.228. The van der Waals surface area contributed by atoms with Crippen molar-refractivity contribution in [2.75, 3.05) is 6.61 Å². The molecule has 0 unspecified atom stereocenters. The van der Waals surface area contributed by atoms with Crippen molar-refractivity contribution in [3.8, 4) is 0 Å². The van der Waals surface area contributed by atoms with Gasteiger partial charge in [0.15, 0.2) is 0 Å². The zero-order valence-corrected chi connectivity index (χ0v) is 11.2. The first-order valence-corrected chi connectivity index (χ1v) is 5.63. The lowest BCUT2D eigenvalue weighted by atomic mass is 9.95. The zero-order chi connectivity index (χ0) is 10.0. The van der Waals surface area contributed by atoms with Gasteiger partial charge >= 0.3 is 0 Å². The van der Waals surface area contributed by atoms with Crippen LogP contribution in [0.25, 0.3) is 0 Å². The van der Waals surface area contributed by atoms with E-state index in [1.54, 1.807) is 6.92 Å². The summed E-state index contributed by atoms with van der Waals surface area (Å²) in [6.45, 7) is 8.53. The fraction of sp³-hybridized carbons (Fsp3) is 1.00. The monoisotopic (exact) mass is 192 g/mol. The molecule has 0 fully saturated rings. The summed E-state index contributed by atoms with van der Waals surface area (Å²) in [7, 11) is 0.875. The van der Waals surface area contributed by atoms with E-state index in [0.717, 1.165) is 29.7 Å². The number of rotatable bonds is 4. The van der Waals surface area contributed by atoms with Crippen LogP contribution in [0.5, 0.6) is 0 Å². The van der Waals surface area contributed by atoms with Crippen LogP contribution in [0.2, 0.25) is 0 Å². The third-order valence-corrected chi connectivity index (χ3v) is 3.23. The lowest BCUT2D eigenvalue weighted by molar-refractivity contribution is 0.0668. The van der Waals surface area contributed by atoms with Crippen molar-refractivity contribution in [2.45, 2.75) is 52.6 Å². The van der Waals surface area contributed by atoms with Crippen LogP contribution in [-0.2, 0) is 4.43 Å². The first kappa shape index (κ1) is 14.6. The van der Waals surface area contributed by atoms with Gasteiger partial charge in [0, 0.05) is 6.61 Å². The van der Waals surface area contributed by atoms with Gasteiger partial charge in [-0.05, 0) is 26.2 Å². The SMILES string of the molecule is CCC(CC)(CC)O[SiH3].CCO. The Morgan fingerprint density at radius 2 is 1.33 bits per heavy atom. The normalized spacial score (nSPS) is 10.8. The van der Waals surface area contributed by atoms with E-state index >= 15 is 0 Å². The molecular formula is C9H24O2Si. The van der Waals surface area contributed by atoms with E-state index in [2.05, 4.69) is 20.8 Å². The molecule has 0 radical (unpaired) electrons. The summed E-state index contributed by atoms with van der Waals surface area (Å²) in [6.07, 6.45) is 3.47. The molecule has 0 aromatic heterocycles. The van der Waals surface area contributed by atoms with Gasteiger partial charge in [0.25, 0.3) is 0 Å². The van der Waals surface area contributed by atoms with Crippen LogP contribution in [-0.4, -0.2) is 27.8 Å². The molecule has 0 saturated heterocycles. The number of aliphatic hydroxyl groups excluding tert-OH is 1. The van der Waals surface area contributed by atoms with Crippen LogP contribution < -0.4 is 0 Å². The Labute approximate surface area is 79.9 Å². The van der Waals surface area contributed by atoms with Crippen molar-refractivity contribution in [1.29, 1.82) is 0 Å². The molecule has 12 heavy (non-hydrogen) atoms. The molecule has 2 nitrogen and oxygen atoms in total. The van der Waals surface area contributed by atoms with Crippen molar-refractivity contribution in [1.82, 2.24) is 0 Å². The maximum absolute atomic E-state index is 7.57. The van der Waals surface area contributed by atoms with Crippen LogP contribution in [0.3, 0.4) is 0 Å². The second-order valence-electron chi connectivity index (χ2n) is 2.76. The zero-order valence-electron chi connectivity index (χ0n) is 9.18. The third kappa shape index (κ3) is 5.74. The van der Waals surface area contributed by atoms with Crippen molar-refractivity contribution in [3.05, 3.63) is 0 Å². The van der Waals surface area contributed by atoms with Crippen molar-refractivity contribution >= 4 is 10.5 Å². The summed E-state index contributed by atoms with van der Waals surface area (Å²) in [5, 5.41) is 7.57. The van der Waals surface area contributed by atoms with Gasteiger partial charge in [-0.25, -0.2) is 0 Å². The third-order valence-electron chi connectivity index (χ3n) is 2.37. The van der Waals surface area contributed by atoms with E-state index < -0.39 is 0 Å². The van der Waals surface area contributed by atoms with Crippen LogP contribution in [0.15, 0.2) is 0 Å². The van der Waals surface area contributed by atoms with Gasteiger partial charge in [-0.3, -0.25) is 0 Å². The first-order chi connectivity index (χ1) is 5.66. The molecule has 0 rings (SSSR count). The quantitative estimate of drug-likeness (QED) is 0.679. The van der Waals surface area contributed by atoms with E-state index in [0.29, 0.717) is 0 Å². The molecule has 0 aromatic carbocycles. The smallest absolute Gasteiger partial charge is 0.146 e. The van der Waals surface area contributed by atoms with E-state index in [9.17, 15) is 0 Å². The predicted octanol–water partition coefficient (Wildman–Crippen LogP) is 1.25. The molecule has 3 heteroatoms. The highest BCUT2D eigenvalue weighted by Gasteiger charge is 2.20. The molecule has 0 atom stereocenters. The Kier molecular flexibility index (Phi) is 11.3. The van der Waals surface area contributed by atoms with Crippen molar-refractivity contribution in [3.63, 3.8) is 0 Å². The minimum absolute atomic E-state index is 0.228. The highest BCUT2D eigenvalue weighted by Crippen LogP contribution is 2.22. The van der Waals surface area contributed by atoms with Crippen LogP contribution in [0.1, 0.15) is 47.0 Å². The van der Waals surface area contributed by atoms with E-state index in [4.69, 9.17) is 9.53 Å². The maximum Gasteiger partial charge on any atom is 0.146 e. The van der Waals surface area contributed by atoms with Gasteiger partial charge in [0.2, 0.25) is 0 Å². The Hall–Kier alpha value is 0.137. The Morgan fingerprint density at radius 3 is 1.33 bits per heavy atom. The summed E-state index contributed by atoms with van der Waals surface area (Å²) in [5.74, 6) is 0. The van der Waals surface area contributed by atoms with Crippen LogP contribution in [0, 0.1) is 0 Å². The average Bonchev–Trinajstić information content (AvgIpc) is 2.11. The first-order valence-electron chi connectivity index (χ1n) is 4.82. The summed E-state index contributed by atoms with van der Waals surface area (Å²) >= 11 is 0. The van der Waals surface area contributed by atoms with Gasteiger partial charge < -0.3 is 9.53 Å². The van der Waals surface area contributed by atoms with Gasteiger partial charge in [-0.15, -0.1) is 0 Å². The Balaban J connectivity index is 0. The van der Waals surface area contributed by atoms with E-state index in [-0.39, 0.29) is 12.2 Å². The van der Waals surface area contributed by atoms with E-state index in [1.165, 1.54) is 0 Å². The summed E-state index contributed by atoms with van der Waals surface area (Å²) in [4.78, 5) is 0. The topological polar surface area (TPSA) is 29.5 Å². The Bertz CT molecular complexity index is 65.1. The average molecular weight is 192 g/mol. The lowest BCUT2D eigenvalue weighted by Crippen LogP contribution is -2.28. The second-order valence-corrected chi connectivity index (χ2v) is 3.17. The van der Waals surface area contributed by atoms with Crippen LogP contribution >= 0.6 is 0 Å². The molecule has 0 bridgehead atoms. The molecule has 0 aliphatic carbocycles. The standard InChI is InChI=1S/C7H18OSi.C2H6O/c1-4-7(5-2,6-3)8-9;1-2-3/h4-6H2,1-3,9H3;3H,2H2,1H3. The fourth-order valence-electron chi connectivity index (χ4n) is 1.18. The van der Waals surface area contributed by atoms with Gasteiger partial charge in [-0.2, -0.15) is 0 Å². The molecule has 0 aliphatic rings.